The predicted octanol–water partition coefficient (Wildman–Crippen LogP) is 3.13. The zero-order valence-corrected chi connectivity index (χ0v) is 18.9. The number of anilines is 2. The predicted molar refractivity (Wildman–Crippen MR) is 125 cm³/mol. The number of nitrogens with one attached hydrogen (secondary N) is 1. The smallest absolute Gasteiger partial charge is 0.251 e. The van der Waals surface area contributed by atoms with E-state index < -0.39 is 0 Å². The maximum Gasteiger partial charge on any atom is 0.251 e. The minimum absolute atomic E-state index is 0.148. The van der Waals surface area contributed by atoms with E-state index in [4.69, 9.17) is 27.1 Å². The highest BCUT2D eigenvalue weighted by Crippen LogP contribution is 2.29. The number of imidazole rings is 1. The fraction of sp³-hybridized carbons (Fsp3) is 0.409. The van der Waals surface area contributed by atoms with Gasteiger partial charge in [-0.05, 0) is 30.7 Å². The van der Waals surface area contributed by atoms with Crippen LogP contribution in [0.5, 0.6) is 0 Å². The summed E-state index contributed by atoms with van der Waals surface area (Å²) in [6, 6.07) is 6.78. The number of carbonyl (C=O) groups excluding carboxylic acids is 1. The third-order valence-electron chi connectivity index (χ3n) is 4.91. The van der Waals surface area contributed by atoms with E-state index in [0.717, 1.165) is 35.4 Å². The second-order valence-corrected chi connectivity index (χ2v) is 7.86. The molecule has 0 atom stereocenters. The number of benzene rings is 1. The monoisotopic (exact) mass is 444 g/mol. The Bertz CT molecular complexity index is 1030. The summed E-state index contributed by atoms with van der Waals surface area (Å²) in [7, 11) is 3.95. The van der Waals surface area contributed by atoms with Crippen molar-refractivity contribution in [2.75, 3.05) is 44.5 Å². The first kappa shape index (κ1) is 22.8. The molecule has 1 amide bonds. The molecule has 0 aliphatic rings. The van der Waals surface area contributed by atoms with Crippen molar-refractivity contribution in [1.82, 2.24) is 19.9 Å². The van der Waals surface area contributed by atoms with Crippen LogP contribution in [0.25, 0.3) is 11.0 Å². The van der Waals surface area contributed by atoms with E-state index in [-0.39, 0.29) is 5.91 Å². The Morgan fingerprint density at radius 1 is 1.26 bits per heavy atom. The fourth-order valence-corrected chi connectivity index (χ4v) is 3.50. The summed E-state index contributed by atoms with van der Waals surface area (Å²) < 4.78 is 7.95. The van der Waals surface area contributed by atoms with Gasteiger partial charge in [0.25, 0.3) is 5.91 Å². The molecule has 0 bridgehead atoms. The van der Waals surface area contributed by atoms with Crippen LogP contribution in [0.1, 0.15) is 29.5 Å². The highest BCUT2D eigenvalue weighted by Gasteiger charge is 2.18. The Kier molecular flexibility index (Phi) is 7.70. The van der Waals surface area contributed by atoms with Crippen molar-refractivity contribution < 1.29 is 9.53 Å². The number of fused-ring (bicyclic) bond motifs is 1. The summed E-state index contributed by atoms with van der Waals surface area (Å²) in [5.74, 6) is 1.26. The van der Waals surface area contributed by atoms with Crippen molar-refractivity contribution in [2.24, 2.45) is 0 Å². The lowest BCUT2D eigenvalue weighted by atomic mass is 10.2. The molecule has 166 valence electrons. The second kappa shape index (κ2) is 10.5. The minimum atomic E-state index is -0.148. The third kappa shape index (κ3) is 5.45. The van der Waals surface area contributed by atoms with Crippen LogP contribution in [0.3, 0.4) is 0 Å². The Labute approximate surface area is 187 Å². The van der Waals surface area contributed by atoms with Gasteiger partial charge in [0.2, 0.25) is 0 Å². The molecule has 3 rings (SSSR count). The molecule has 8 nitrogen and oxygen atoms in total. The number of carbonyl (C=O) groups is 1. The van der Waals surface area contributed by atoms with Crippen LogP contribution in [0.2, 0.25) is 5.02 Å². The number of halogens is 1. The lowest BCUT2D eigenvalue weighted by Crippen LogP contribution is -2.27. The zero-order chi connectivity index (χ0) is 22.4. The van der Waals surface area contributed by atoms with Crippen LogP contribution in [0.15, 0.2) is 30.5 Å². The quantitative estimate of drug-likeness (QED) is 0.466. The summed E-state index contributed by atoms with van der Waals surface area (Å²) in [4.78, 5) is 23.2. The van der Waals surface area contributed by atoms with E-state index in [1.54, 1.807) is 30.5 Å². The van der Waals surface area contributed by atoms with Gasteiger partial charge in [-0.3, -0.25) is 4.79 Å². The van der Waals surface area contributed by atoms with Gasteiger partial charge >= 0.3 is 0 Å². The number of ether oxygens (including phenoxy) is 1. The first-order chi connectivity index (χ1) is 14.9. The van der Waals surface area contributed by atoms with E-state index in [1.807, 2.05) is 19.0 Å². The van der Waals surface area contributed by atoms with Gasteiger partial charge in [0.05, 0.1) is 30.6 Å². The molecular formula is C22H29ClN6O2. The number of nitrogen functional groups attached to an aromatic ring is 1. The number of aryl methyl sites for hydroxylation is 1. The van der Waals surface area contributed by atoms with Crippen molar-refractivity contribution in [1.29, 1.82) is 0 Å². The summed E-state index contributed by atoms with van der Waals surface area (Å²) >= 11 is 5.85. The molecule has 3 N–H and O–H groups in total. The molecule has 0 unspecified atom stereocenters. The fourth-order valence-electron chi connectivity index (χ4n) is 3.37. The molecule has 0 saturated heterocycles. The van der Waals surface area contributed by atoms with Crippen LogP contribution >= 0.6 is 11.6 Å². The molecule has 0 saturated carbocycles. The standard InChI is InChI=1S/C22H29ClN6O2/c1-4-5-18-27-19-20(17(28(2)3)14-26-21(19)24)29(18)11-13-31-12-10-25-22(30)15-6-8-16(23)9-7-15/h6-9,14H,4-5,10-13H2,1-3H3,(H2,24,26)(H,25,30). The normalized spacial score (nSPS) is 11.1. The number of nitrogens with zero attached hydrogens (tertiary/aromatic N) is 4. The van der Waals surface area contributed by atoms with E-state index in [1.165, 1.54) is 0 Å². The van der Waals surface area contributed by atoms with Crippen molar-refractivity contribution in [3.05, 3.63) is 46.9 Å². The molecule has 0 aliphatic heterocycles. The average Bonchev–Trinajstić information content (AvgIpc) is 3.10. The molecular weight excluding hydrogens is 416 g/mol. The van der Waals surface area contributed by atoms with E-state index in [9.17, 15) is 4.79 Å². The van der Waals surface area contributed by atoms with E-state index in [0.29, 0.717) is 42.7 Å². The van der Waals surface area contributed by atoms with Crippen LogP contribution in [0, 0.1) is 0 Å². The van der Waals surface area contributed by atoms with Crippen LogP contribution < -0.4 is 16.0 Å². The highest BCUT2D eigenvalue weighted by atomic mass is 35.5. The molecule has 2 aromatic heterocycles. The van der Waals surface area contributed by atoms with Gasteiger partial charge in [-0.15, -0.1) is 0 Å². The van der Waals surface area contributed by atoms with Crippen LogP contribution in [-0.2, 0) is 17.7 Å². The lowest BCUT2D eigenvalue weighted by molar-refractivity contribution is 0.0909. The first-order valence-corrected chi connectivity index (χ1v) is 10.7. The Balaban J connectivity index is 1.60. The van der Waals surface area contributed by atoms with Crippen LogP contribution in [-0.4, -0.2) is 54.3 Å². The first-order valence-electron chi connectivity index (χ1n) is 10.3. The van der Waals surface area contributed by atoms with Gasteiger partial charge in [0.1, 0.15) is 11.3 Å². The number of nitrogens with two attached hydrogens (primary N) is 1. The molecule has 0 fully saturated rings. The van der Waals surface area contributed by atoms with Crippen molar-refractivity contribution in [3.8, 4) is 0 Å². The summed E-state index contributed by atoms with van der Waals surface area (Å²) in [5.41, 5.74) is 9.34. The van der Waals surface area contributed by atoms with Gasteiger partial charge in [0.15, 0.2) is 5.82 Å². The summed E-state index contributed by atoms with van der Waals surface area (Å²) in [5, 5.41) is 3.45. The third-order valence-corrected chi connectivity index (χ3v) is 5.16. The van der Waals surface area contributed by atoms with Gasteiger partial charge in [-0.25, -0.2) is 9.97 Å². The topological polar surface area (TPSA) is 98.3 Å². The van der Waals surface area contributed by atoms with Crippen molar-refractivity contribution in [3.63, 3.8) is 0 Å². The van der Waals surface area contributed by atoms with Gasteiger partial charge in [0, 0.05) is 44.2 Å². The van der Waals surface area contributed by atoms with Crippen molar-refractivity contribution >= 4 is 40.0 Å². The number of pyridine rings is 1. The average molecular weight is 445 g/mol. The summed E-state index contributed by atoms with van der Waals surface area (Å²) in [6.45, 7) is 4.10. The molecule has 2 heterocycles. The number of amides is 1. The van der Waals surface area contributed by atoms with Crippen molar-refractivity contribution in [2.45, 2.75) is 26.3 Å². The number of hydrogen-bond donors (Lipinski definition) is 2. The van der Waals surface area contributed by atoms with Crippen LogP contribution in [0.4, 0.5) is 11.5 Å². The molecule has 3 aromatic rings. The molecule has 31 heavy (non-hydrogen) atoms. The Morgan fingerprint density at radius 2 is 2.00 bits per heavy atom. The molecule has 0 spiro atoms. The number of hydrogen-bond acceptors (Lipinski definition) is 6. The molecule has 0 aliphatic carbocycles. The molecule has 0 radical (unpaired) electrons. The molecule has 9 heteroatoms. The largest absolute Gasteiger partial charge is 0.382 e. The SMILES string of the molecule is CCCc1nc2c(N)ncc(N(C)C)c2n1CCOCCNC(=O)c1ccc(Cl)cc1. The highest BCUT2D eigenvalue weighted by molar-refractivity contribution is 6.30. The molecule has 1 aromatic carbocycles. The maximum absolute atomic E-state index is 12.1. The minimum Gasteiger partial charge on any atom is -0.382 e. The Hall–Kier alpha value is -2.84. The van der Waals surface area contributed by atoms with Gasteiger partial charge in [-0.1, -0.05) is 18.5 Å². The maximum atomic E-state index is 12.1. The van der Waals surface area contributed by atoms with E-state index in [2.05, 4.69) is 21.8 Å². The van der Waals surface area contributed by atoms with Gasteiger partial charge in [-0.2, -0.15) is 0 Å². The number of aromatic nitrogens is 3. The summed E-state index contributed by atoms with van der Waals surface area (Å²) in [6.07, 6.45) is 3.60. The zero-order valence-electron chi connectivity index (χ0n) is 18.2. The second-order valence-electron chi connectivity index (χ2n) is 7.43. The Morgan fingerprint density at radius 3 is 2.68 bits per heavy atom. The lowest BCUT2D eigenvalue weighted by Gasteiger charge is -2.17. The van der Waals surface area contributed by atoms with E-state index >= 15 is 0 Å². The van der Waals surface area contributed by atoms with Gasteiger partial charge < -0.3 is 25.3 Å². The number of rotatable bonds is 10.